The minimum absolute atomic E-state index is 0.0117. The number of rotatable bonds is 6. The van der Waals surface area contributed by atoms with Gasteiger partial charge in [-0.3, -0.25) is 9.88 Å². The van der Waals surface area contributed by atoms with Gasteiger partial charge in [-0.05, 0) is 23.4 Å². The van der Waals surface area contributed by atoms with Gasteiger partial charge in [0.05, 0.1) is 29.6 Å². The molecule has 2 saturated heterocycles. The molecule has 1 aromatic carbocycles. The van der Waals surface area contributed by atoms with E-state index in [2.05, 4.69) is 26.0 Å². The largest absolute Gasteiger partial charge is 0.471 e. The standard InChI is InChI=1S/C24H19F2N5O4/c25-18-5-14(31-10-15(35-23(31)32)11-33-21-3-4-34-30-21)6-19(26)22(18)13-1-2-20(29-7-13)24(12-27)16-8-28-9-17(16)24/h1-7,15-17,28H,8-11H2/t15-,16-,17+,24+/m1/s1. The number of amides is 1. The average molecular weight is 479 g/mol. The van der Waals surface area contributed by atoms with E-state index in [9.17, 15) is 10.1 Å². The van der Waals surface area contributed by atoms with Crippen molar-refractivity contribution in [2.24, 2.45) is 11.8 Å². The van der Waals surface area contributed by atoms with Crippen molar-refractivity contribution < 1.29 is 27.6 Å². The van der Waals surface area contributed by atoms with E-state index in [0.29, 0.717) is 5.69 Å². The van der Waals surface area contributed by atoms with E-state index in [1.165, 1.54) is 18.5 Å². The number of ether oxygens (including phenoxy) is 2. The van der Waals surface area contributed by atoms with Crippen LogP contribution in [0.15, 0.2) is 47.3 Å². The Labute approximate surface area is 198 Å². The van der Waals surface area contributed by atoms with Gasteiger partial charge in [-0.15, -0.1) is 0 Å². The lowest BCUT2D eigenvalue weighted by molar-refractivity contribution is 0.102. The van der Waals surface area contributed by atoms with E-state index in [0.717, 1.165) is 30.1 Å². The molecule has 35 heavy (non-hydrogen) atoms. The van der Waals surface area contributed by atoms with Gasteiger partial charge in [0.15, 0.2) is 6.10 Å². The van der Waals surface area contributed by atoms with Crippen LogP contribution in [0.4, 0.5) is 19.3 Å². The Kier molecular flexibility index (Phi) is 4.93. The highest BCUT2D eigenvalue weighted by atomic mass is 19.1. The van der Waals surface area contributed by atoms with Crippen molar-refractivity contribution in [1.29, 1.82) is 5.26 Å². The Morgan fingerprint density at radius 2 is 2.00 bits per heavy atom. The summed E-state index contributed by atoms with van der Waals surface area (Å²) in [6.07, 6.45) is 1.35. The smallest absolute Gasteiger partial charge is 0.414 e. The molecule has 3 aliphatic rings. The first-order chi connectivity index (χ1) is 17.0. The molecule has 0 radical (unpaired) electrons. The number of pyridine rings is 1. The first-order valence-electron chi connectivity index (χ1n) is 11.1. The third-order valence-corrected chi connectivity index (χ3v) is 6.98. The van der Waals surface area contributed by atoms with Crippen molar-refractivity contribution in [3.05, 3.63) is 60.1 Å². The average Bonchev–Trinajstić information content (AvgIpc) is 3.38. The molecule has 11 heteroatoms. The number of hydrogen-bond donors (Lipinski definition) is 1. The van der Waals surface area contributed by atoms with Crippen LogP contribution in [0.25, 0.3) is 11.1 Å². The van der Waals surface area contributed by atoms with Crippen molar-refractivity contribution in [1.82, 2.24) is 15.5 Å². The van der Waals surface area contributed by atoms with Gasteiger partial charge in [-0.25, -0.2) is 13.6 Å². The van der Waals surface area contributed by atoms with E-state index in [1.807, 2.05) is 0 Å². The van der Waals surface area contributed by atoms with Gasteiger partial charge in [0.2, 0.25) is 0 Å². The highest BCUT2D eigenvalue weighted by molar-refractivity contribution is 5.90. The number of nitrogens with one attached hydrogen (secondary N) is 1. The summed E-state index contributed by atoms with van der Waals surface area (Å²) in [5, 5.41) is 16.6. The van der Waals surface area contributed by atoms with Crippen molar-refractivity contribution in [3.63, 3.8) is 0 Å². The van der Waals surface area contributed by atoms with E-state index in [1.54, 1.807) is 12.1 Å². The number of fused-ring (bicyclic) bond motifs is 1. The molecule has 1 amide bonds. The molecular weight excluding hydrogens is 460 g/mol. The quantitative estimate of drug-likeness (QED) is 0.574. The second-order valence-electron chi connectivity index (χ2n) is 8.83. The molecule has 4 heterocycles. The molecule has 1 saturated carbocycles. The predicted molar refractivity (Wildman–Crippen MR) is 116 cm³/mol. The van der Waals surface area contributed by atoms with E-state index in [-0.39, 0.29) is 47.7 Å². The van der Waals surface area contributed by atoms with Gasteiger partial charge >= 0.3 is 6.09 Å². The Hall–Kier alpha value is -4.04. The van der Waals surface area contributed by atoms with Crippen LogP contribution in [-0.4, -0.2) is 48.6 Å². The number of aromatic nitrogens is 2. The molecule has 2 aliphatic heterocycles. The third kappa shape index (κ3) is 3.40. The lowest BCUT2D eigenvalue weighted by Gasteiger charge is -2.16. The van der Waals surface area contributed by atoms with E-state index < -0.39 is 29.2 Å². The number of benzene rings is 1. The second-order valence-corrected chi connectivity index (χ2v) is 8.83. The number of halogens is 2. The molecule has 4 atom stereocenters. The fraction of sp³-hybridized carbons (Fsp3) is 0.333. The summed E-state index contributed by atoms with van der Waals surface area (Å²) in [5.74, 6) is -1.02. The highest BCUT2D eigenvalue weighted by Crippen LogP contribution is 2.60. The van der Waals surface area contributed by atoms with Crippen LogP contribution in [0, 0.1) is 34.8 Å². The monoisotopic (exact) mass is 479 g/mol. The van der Waals surface area contributed by atoms with Gasteiger partial charge in [-0.2, -0.15) is 5.26 Å². The molecule has 3 aromatic rings. The third-order valence-electron chi connectivity index (χ3n) is 6.98. The minimum atomic E-state index is -0.841. The number of carbonyl (C=O) groups is 1. The second kappa shape index (κ2) is 8.02. The molecule has 0 unspecified atom stereocenters. The SMILES string of the molecule is N#C[C@]1(c2ccc(-c3c(F)cc(N4C[C@H](COc5ccon5)OC4=O)cc3F)cn2)[C@@H]2CNC[C@@H]21. The van der Waals surface area contributed by atoms with Crippen LogP contribution in [0.3, 0.4) is 0 Å². The summed E-state index contributed by atoms with van der Waals surface area (Å²) in [4.78, 5) is 17.8. The number of cyclic esters (lactones) is 1. The molecule has 9 nitrogen and oxygen atoms in total. The van der Waals surface area contributed by atoms with Gasteiger partial charge in [0.25, 0.3) is 5.88 Å². The van der Waals surface area contributed by atoms with Crippen molar-refractivity contribution >= 4 is 11.8 Å². The summed E-state index contributed by atoms with van der Waals surface area (Å²) in [6.45, 7) is 1.59. The summed E-state index contributed by atoms with van der Waals surface area (Å²) < 4.78 is 45.4. The maximum atomic E-state index is 15.1. The normalized spacial score (nSPS) is 26.8. The summed E-state index contributed by atoms with van der Waals surface area (Å²) in [6, 6.07) is 9.32. The fourth-order valence-electron chi connectivity index (χ4n) is 5.19. The van der Waals surface area contributed by atoms with Crippen LogP contribution in [-0.2, 0) is 10.2 Å². The van der Waals surface area contributed by atoms with Gasteiger partial charge in [-0.1, -0.05) is 6.07 Å². The van der Waals surface area contributed by atoms with Gasteiger partial charge in [0.1, 0.15) is 29.9 Å². The molecule has 2 aromatic heterocycles. The zero-order valence-corrected chi connectivity index (χ0v) is 18.3. The topological polar surface area (TPSA) is 114 Å². The van der Waals surface area contributed by atoms with Crippen LogP contribution in [0.1, 0.15) is 5.69 Å². The first kappa shape index (κ1) is 21.5. The zero-order valence-electron chi connectivity index (χ0n) is 18.3. The minimum Gasteiger partial charge on any atom is -0.471 e. The van der Waals surface area contributed by atoms with E-state index in [4.69, 9.17) is 9.47 Å². The van der Waals surface area contributed by atoms with Crippen LogP contribution >= 0.6 is 0 Å². The van der Waals surface area contributed by atoms with Gasteiger partial charge in [0, 0.05) is 42.8 Å². The molecule has 0 spiro atoms. The fourth-order valence-corrected chi connectivity index (χ4v) is 5.19. The molecule has 1 N–H and O–H groups in total. The maximum absolute atomic E-state index is 15.1. The Balaban J connectivity index is 1.20. The van der Waals surface area contributed by atoms with Crippen molar-refractivity contribution in [3.8, 4) is 23.1 Å². The molecule has 1 aliphatic carbocycles. The zero-order chi connectivity index (χ0) is 24.2. The number of piperidine rings is 1. The Bertz CT molecular complexity index is 1290. The lowest BCUT2D eigenvalue weighted by atomic mass is 9.95. The van der Waals surface area contributed by atoms with Crippen molar-refractivity contribution in [2.75, 3.05) is 31.1 Å². The number of anilines is 1. The van der Waals surface area contributed by atoms with E-state index >= 15 is 8.78 Å². The molecule has 178 valence electrons. The lowest BCUT2D eigenvalue weighted by Crippen LogP contribution is -2.27. The number of nitrogens with zero attached hydrogens (tertiary/aromatic N) is 4. The number of hydrogen-bond acceptors (Lipinski definition) is 8. The molecule has 0 bridgehead atoms. The number of carbonyl (C=O) groups excluding carboxylic acids is 1. The molecule has 6 rings (SSSR count). The van der Waals surface area contributed by atoms with Crippen molar-refractivity contribution in [2.45, 2.75) is 11.5 Å². The highest BCUT2D eigenvalue weighted by Gasteiger charge is 2.69. The maximum Gasteiger partial charge on any atom is 0.414 e. The molecule has 3 fully saturated rings. The molecular formula is C24H19F2N5O4. The van der Waals surface area contributed by atoms with Crippen LogP contribution in [0.2, 0.25) is 0 Å². The predicted octanol–water partition coefficient (Wildman–Crippen LogP) is 3.03. The summed E-state index contributed by atoms with van der Waals surface area (Å²) in [5.41, 5.74) is 0.0138. The summed E-state index contributed by atoms with van der Waals surface area (Å²) >= 11 is 0. The van der Waals surface area contributed by atoms with Crippen LogP contribution in [0.5, 0.6) is 5.88 Å². The Morgan fingerprint density at radius 1 is 1.23 bits per heavy atom. The summed E-state index contributed by atoms with van der Waals surface area (Å²) in [7, 11) is 0. The first-order valence-corrected chi connectivity index (χ1v) is 11.1. The number of nitriles is 1. The Morgan fingerprint density at radius 3 is 2.63 bits per heavy atom. The van der Waals surface area contributed by atoms with Gasteiger partial charge < -0.3 is 19.3 Å². The van der Waals surface area contributed by atoms with Crippen LogP contribution < -0.4 is 15.0 Å².